The standard InChI is InChI=1S/C34H41N3O6/c1-20(2)31(34(40)35-17-16-22-10-8-7-9-11-22)37-27-15-13-24-25(19-28(27)39)26(36-21(3)38)14-12-23-18-29(41-4)32(42-5)33(43-6)30(23)24/h7-11,13,15,18-20,26,31H,12,14,16-17H2,1-6H3,(H,35,40)(H,36,38)(H,37,39)/t26-,31-/m0/s1. The van der Waals surface area contributed by atoms with Crippen molar-refractivity contribution in [1.82, 2.24) is 10.6 Å². The zero-order chi connectivity index (χ0) is 31.1. The molecule has 43 heavy (non-hydrogen) atoms. The summed E-state index contributed by atoms with van der Waals surface area (Å²) in [6.07, 6.45) is 1.87. The Kier molecular flexibility index (Phi) is 10.3. The number of nitrogens with one attached hydrogen (secondary N) is 3. The number of carbonyl (C=O) groups excluding carboxylic acids is 2. The molecule has 0 unspecified atom stereocenters. The number of benzene rings is 2. The lowest BCUT2D eigenvalue weighted by atomic mass is 9.95. The lowest BCUT2D eigenvalue weighted by molar-refractivity contribution is -0.122. The molecule has 3 N–H and O–H groups in total. The normalized spacial score (nSPS) is 14.4. The Labute approximate surface area is 252 Å². The molecule has 3 aromatic rings. The molecule has 1 aliphatic rings. The Morgan fingerprint density at radius 1 is 0.953 bits per heavy atom. The number of rotatable bonds is 11. The van der Waals surface area contributed by atoms with E-state index in [0.29, 0.717) is 48.6 Å². The van der Waals surface area contributed by atoms with Crippen LogP contribution in [0.5, 0.6) is 17.2 Å². The van der Waals surface area contributed by atoms with E-state index in [9.17, 15) is 14.4 Å². The van der Waals surface area contributed by atoms with Gasteiger partial charge in [0.1, 0.15) is 6.04 Å². The first-order valence-corrected chi connectivity index (χ1v) is 14.5. The van der Waals surface area contributed by atoms with Crippen molar-refractivity contribution in [2.45, 2.75) is 52.1 Å². The zero-order valence-electron chi connectivity index (χ0n) is 25.7. The molecule has 0 saturated heterocycles. The van der Waals surface area contributed by atoms with E-state index in [1.54, 1.807) is 33.5 Å². The fourth-order valence-corrected chi connectivity index (χ4v) is 5.61. The molecule has 228 valence electrons. The number of methoxy groups -OCH3 is 3. The van der Waals surface area contributed by atoms with Gasteiger partial charge in [-0.15, -0.1) is 0 Å². The molecule has 2 atom stereocenters. The summed E-state index contributed by atoms with van der Waals surface area (Å²) in [5.41, 5.74) is 4.22. The van der Waals surface area contributed by atoms with Gasteiger partial charge in [-0.3, -0.25) is 14.4 Å². The highest BCUT2D eigenvalue weighted by atomic mass is 16.5. The third-order valence-electron chi connectivity index (χ3n) is 7.73. The van der Waals surface area contributed by atoms with Crippen LogP contribution in [0.25, 0.3) is 11.1 Å². The second kappa shape index (κ2) is 14.1. The van der Waals surface area contributed by atoms with Crippen LogP contribution in [0.4, 0.5) is 5.69 Å². The van der Waals surface area contributed by atoms with Crippen LogP contribution in [0.3, 0.4) is 0 Å². The van der Waals surface area contributed by atoms with Gasteiger partial charge in [-0.1, -0.05) is 50.2 Å². The van der Waals surface area contributed by atoms with Gasteiger partial charge in [-0.2, -0.15) is 0 Å². The Hall–Kier alpha value is -4.53. The Morgan fingerprint density at radius 2 is 1.67 bits per heavy atom. The van der Waals surface area contributed by atoms with Crippen LogP contribution in [-0.2, 0) is 22.4 Å². The van der Waals surface area contributed by atoms with Gasteiger partial charge < -0.3 is 30.2 Å². The molecule has 3 aromatic carbocycles. The van der Waals surface area contributed by atoms with Crippen LogP contribution in [0.15, 0.2) is 59.4 Å². The zero-order valence-corrected chi connectivity index (χ0v) is 25.7. The average Bonchev–Trinajstić information content (AvgIpc) is 3.23. The number of carbonyl (C=O) groups is 2. The van der Waals surface area contributed by atoms with Crippen molar-refractivity contribution in [2.75, 3.05) is 33.2 Å². The summed E-state index contributed by atoms with van der Waals surface area (Å²) in [5, 5.41) is 9.24. The predicted molar refractivity (Wildman–Crippen MR) is 168 cm³/mol. The van der Waals surface area contributed by atoms with Gasteiger partial charge in [-0.25, -0.2) is 0 Å². The van der Waals surface area contributed by atoms with Crippen molar-refractivity contribution < 1.29 is 23.8 Å². The second-order valence-electron chi connectivity index (χ2n) is 11.0. The molecule has 0 aromatic heterocycles. The van der Waals surface area contributed by atoms with Crippen LogP contribution in [0, 0.1) is 5.92 Å². The summed E-state index contributed by atoms with van der Waals surface area (Å²) in [7, 11) is 4.68. The maximum atomic E-state index is 13.7. The van der Waals surface area contributed by atoms with Gasteiger partial charge in [0, 0.05) is 19.0 Å². The fraction of sp³-hybridized carbons (Fsp3) is 0.382. The van der Waals surface area contributed by atoms with Crippen molar-refractivity contribution in [1.29, 1.82) is 0 Å². The minimum atomic E-state index is -0.636. The number of hydrogen-bond donors (Lipinski definition) is 3. The van der Waals surface area contributed by atoms with Crippen LogP contribution < -0.4 is 35.6 Å². The molecule has 9 nitrogen and oxygen atoms in total. The summed E-state index contributed by atoms with van der Waals surface area (Å²) in [6, 6.07) is 15.9. The second-order valence-corrected chi connectivity index (χ2v) is 11.0. The molecule has 1 aliphatic carbocycles. The molecule has 4 rings (SSSR count). The Morgan fingerprint density at radius 3 is 2.30 bits per heavy atom. The first kappa shape index (κ1) is 31.4. The summed E-state index contributed by atoms with van der Waals surface area (Å²) in [4.78, 5) is 39.2. The SMILES string of the molecule is COc1cc2c(c(OC)c1OC)-c1ccc(N[C@H](C(=O)NCCc3ccccc3)C(C)C)c(=O)cc1[C@@H](NC(C)=O)CC2. The summed E-state index contributed by atoms with van der Waals surface area (Å²) >= 11 is 0. The number of ether oxygens (including phenoxy) is 3. The van der Waals surface area contributed by atoms with Gasteiger partial charge in [0.25, 0.3) is 0 Å². The van der Waals surface area contributed by atoms with Crippen LogP contribution in [0.1, 0.15) is 49.9 Å². The maximum absolute atomic E-state index is 13.7. The van der Waals surface area contributed by atoms with E-state index in [1.165, 1.54) is 6.92 Å². The smallest absolute Gasteiger partial charge is 0.242 e. The molecule has 0 heterocycles. The van der Waals surface area contributed by atoms with Gasteiger partial charge >= 0.3 is 0 Å². The summed E-state index contributed by atoms with van der Waals surface area (Å²) < 4.78 is 17.1. The van der Waals surface area contributed by atoms with Crippen LogP contribution >= 0.6 is 0 Å². The van der Waals surface area contributed by atoms with E-state index in [0.717, 1.165) is 22.3 Å². The summed E-state index contributed by atoms with van der Waals surface area (Å²) in [5.74, 6) is 0.971. The predicted octanol–water partition coefficient (Wildman–Crippen LogP) is 4.66. The average molecular weight is 588 g/mol. The van der Waals surface area contributed by atoms with E-state index >= 15 is 0 Å². The molecule has 0 radical (unpaired) electrons. The molecule has 0 spiro atoms. The minimum Gasteiger partial charge on any atom is -0.493 e. The first-order valence-electron chi connectivity index (χ1n) is 14.5. The van der Waals surface area contributed by atoms with Crippen LogP contribution in [-0.4, -0.2) is 45.7 Å². The van der Waals surface area contributed by atoms with Crippen molar-refractivity contribution in [3.8, 4) is 28.4 Å². The number of aryl methyl sites for hydroxylation is 1. The number of fused-ring (bicyclic) bond motifs is 3. The van der Waals surface area contributed by atoms with E-state index in [-0.39, 0.29) is 28.8 Å². The lowest BCUT2D eigenvalue weighted by Gasteiger charge is -2.22. The van der Waals surface area contributed by atoms with E-state index in [2.05, 4.69) is 16.0 Å². The maximum Gasteiger partial charge on any atom is 0.242 e. The quantitative estimate of drug-likeness (QED) is 0.299. The third kappa shape index (κ3) is 7.10. The van der Waals surface area contributed by atoms with Crippen molar-refractivity contribution in [3.63, 3.8) is 0 Å². The molecule has 9 heteroatoms. The Bertz CT molecular complexity index is 1520. The van der Waals surface area contributed by atoms with Gasteiger partial charge in [0.2, 0.25) is 23.0 Å². The first-order chi connectivity index (χ1) is 20.7. The molecule has 0 bridgehead atoms. The van der Waals surface area contributed by atoms with E-state index in [1.807, 2.05) is 56.3 Å². The van der Waals surface area contributed by atoms with Gasteiger partial charge in [-0.05, 0) is 65.6 Å². The molecular formula is C34H41N3O6. The molecule has 0 aliphatic heterocycles. The minimum absolute atomic E-state index is 0.0934. The van der Waals surface area contributed by atoms with Crippen molar-refractivity contribution in [2.24, 2.45) is 5.92 Å². The number of amides is 2. The highest BCUT2D eigenvalue weighted by Gasteiger charge is 2.30. The van der Waals surface area contributed by atoms with Crippen molar-refractivity contribution in [3.05, 3.63) is 81.5 Å². The third-order valence-corrected chi connectivity index (χ3v) is 7.73. The van der Waals surface area contributed by atoms with E-state index < -0.39 is 12.1 Å². The molecule has 0 fully saturated rings. The largest absolute Gasteiger partial charge is 0.493 e. The lowest BCUT2D eigenvalue weighted by Crippen LogP contribution is -2.44. The monoisotopic (exact) mass is 587 g/mol. The van der Waals surface area contributed by atoms with Gasteiger partial charge in [0.15, 0.2) is 11.5 Å². The molecule has 2 amide bonds. The molecule has 0 saturated carbocycles. The highest BCUT2D eigenvalue weighted by molar-refractivity contribution is 5.86. The summed E-state index contributed by atoms with van der Waals surface area (Å²) in [6.45, 7) is 5.81. The number of anilines is 1. The Balaban J connectivity index is 1.75. The number of hydrogen-bond acceptors (Lipinski definition) is 7. The van der Waals surface area contributed by atoms with E-state index in [4.69, 9.17) is 14.2 Å². The van der Waals surface area contributed by atoms with Crippen LogP contribution in [0.2, 0.25) is 0 Å². The fourth-order valence-electron chi connectivity index (χ4n) is 5.61. The van der Waals surface area contributed by atoms with Gasteiger partial charge in [0.05, 0.1) is 33.1 Å². The van der Waals surface area contributed by atoms with Crippen molar-refractivity contribution >= 4 is 17.5 Å². The molecular weight excluding hydrogens is 546 g/mol. The topological polar surface area (TPSA) is 115 Å². The highest BCUT2D eigenvalue weighted by Crippen LogP contribution is 2.50.